The third-order valence-electron chi connectivity index (χ3n) is 7.15. The minimum atomic E-state index is -1.38. The van der Waals surface area contributed by atoms with Crippen LogP contribution in [0.5, 0.6) is 0 Å². The van der Waals surface area contributed by atoms with Crippen LogP contribution in [0, 0.1) is 0 Å². The second-order valence-corrected chi connectivity index (χ2v) is 10.6. The van der Waals surface area contributed by atoms with E-state index in [4.69, 9.17) is 10.1 Å². The zero-order valence-corrected chi connectivity index (χ0v) is 25.4. The highest BCUT2D eigenvalue weighted by molar-refractivity contribution is 6.48. The van der Waals surface area contributed by atoms with Gasteiger partial charge in [-0.25, -0.2) is 10.0 Å². The first-order valence-corrected chi connectivity index (χ1v) is 14.8. The zero-order valence-electron chi connectivity index (χ0n) is 25.4. The Morgan fingerprint density at radius 2 is 1.71 bits per heavy atom. The molecule has 232 valence electrons. The fourth-order valence-electron chi connectivity index (χ4n) is 5.13. The van der Waals surface area contributed by atoms with Crippen LogP contribution in [0.2, 0.25) is 6.82 Å². The molecular weight excluding hydrogens is 574 g/mol. The predicted molar refractivity (Wildman–Crippen MR) is 176 cm³/mol. The van der Waals surface area contributed by atoms with E-state index >= 15 is 4.32 Å². The number of hydrazine groups is 2. The van der Waals surface area contributed by atoms with E-state index in [1.54, 1.807) is 21.6 Å². The van der Waals surface area contributed by atoms with E-state index < -0.39 is 19.6 Å². The number of nitrogens with one attached hydrogen (secondary N) is 5. The van der Waals surface area contributed by atoms with Crippen molar-refractivity contribution in [3.05, 3.63) is 107 Å². The van der Waals surface area contributed by atoms with Crippen LogP contribution in [0.3, 0.4) is 0 Å². The van der Waals surface area contributed by atoms with Crippen LogP contribution >= 0.6 is 0 Å². The fourth-order valence-corrected chi connectivity index (χ4v) is 5.13. The Labute approximate surface area is 261 Å². The SMILES string of the molecule is CCCC1=CN(C2=N/C(=C(/c3ccc(NC(=O)CO)cc3)c3ccc(NCc4ccc(NC(C)=O)cc4)n3B(C)F)C=C2)NN1. The number of amides is 2. The van der Waals surface area contributed by atoms with Crippen molar-refractivity contribution in [3.63, 3.8) is 0 Å². The number of aliphatic hydroxyl groups excluding tert-OH is 1. The Balaban J connectivity index is 1.50. The molecule has 6 N–H and O–H groups in total. The van der Waals surface area contributed by atoms with Gasteiger partial charge in [0.1, 0.15) is 12.4 Å². The molecule has 0 saturated heterocycles. The molecule has 2 amide bonds. The summed E-state index contributed by atoms with van der Waals surface area (Å²) in [5, 5.41) is 19.7. The Hall–Kier alpha value is -5.14. The van der Waals surface area contributed by atoms with Crippen LogP contribution in [-0.2, 0) is 16.1 Å². The van der Waals surface area contributed by atoms with Crippen LogP contribution in [0.1, 0.15) is 43.5 Å². The minimum absolute atomic E-state index is 0.141. The number of hydrogen-bond donors (Lipinski definition) is 6. The van der Waals surface area contributed by atoms with Gasteiger partial charge in [0.05, 0.1) is 11.5 Å². The number of amidine groups is 1. The van der Waals surface area contributed by atoms with Crippen molar-refractivity contribution >= 4 is 47.5 Å². The first kappa shape index (κ1) is 31.3. The molecule has 0 unspecified atom stereocenters. The largest absolute Gasteiger partial charge is 0.463 e. The van der Waals surface area contributed by atoms with Gasteiger partial charge in [-0.05, 0) is 72.9 Å². The third-order valence-corrected chi connectivity index (χ3v) is 7.15. The van der Waals surface area contributed by atoms with Gasteiger partial charge in [-0.1, -0.05) is 37.6 Å². The van der Waals surface area contributed by atoms with E-state index in [0.29, 0.717) is 46.5 Å². The van der Waals surface area contributed by atoms with Gasteiger partial charge in [0.15, 0.2) is 0 Å². The maximum absolute atomic E-state index is 15.4. The number of halogens is 1. The molecule has 1 aromatic heterocycles. The van der Waals surface area contributed by atoms with Crippen molar-refractivity contribution in [1.29, 1.82) is 0 Å². The maximum atomic E-state index is 15.4. The van der Waals surface area contributed by atoms with E-state index in [-0.39, 0.29) is 5.91 Å². The van der Waals surface area contributed by atoms with Gasteiger partial charge in [0.25, 0.3) is 0 Å². The van der Waals surface area contributed by atoms with Crippen LogP contribution in [-0.4, -0.2) is 46.0 Å². The molecule has 5 rings (SSSR count). The van der Waals surface area contributed by atoms with Crippen molar-refractivity contribution in [2.24, 2.45) is 4.99 Å². The second kappa shape index (κ2) is 14.1. The number of carbonyl (C=O) groups excluding carboxylic acids is 2. The van der Waals surface area contributed by atoms with Crippen molar-refractivity contribution in [1.82, 2.24) is 20.4 Å². The van der Waals surface area contributed by atoms with Gasteiger partial charge in [-0.15, -0.1) is 5.53 Å². The lowest BCUT2D eigenvalue weighted by atomic mass is 9.89. The Morgan fingerprint density at radius 3 is 2.38 bits per heavy atom. The molecule has 3 heterocycles. The quantitative estimate of drug-likeness (QED) is 0.175. The smallest absolute Gasteiger partial charge is 0.387 e. The first-order valence-electron chi connectivity index (χ1n) is 14.8. The number of rotatable bonds is 11. The fraction of sp³-hybridized carbons (Fsp3) is 0.219. The summed E-state index contributed by atoms with van der Waals surface area (Å²) < 4.78 is 17.0. The van der Waals surface area contributed by atoms with E-state index in [1.165, 1.54) is 13.7 Å². The van der Waals surface area contributed by atoms with E-state index in [2.05, 4.69) is 33.8 Å². The lowest BCUT2D eigenvalue weighted by Gasteiger charge is -2.18. The molecule has 0 spiro atoms. The van der Waals surface area contributed by atoms with Crippen molar-refractivity contribution in [2.45, 2.75) is 40.1 Å². The predicted octanol–water partition coefficient (Wildman–Crippen LogP) is 4.62. The van der Waals surface area contributed by atoms with Gasteiger partial charge >= 0.3 is 7.12 Å². The molecule has 0 bridgehead atoms. The van der Waals surface area contributed by atoms with Crippen LogP contribution in [0.25, 0.3) is 5.57 Å². The molecule has 0 saturated carbocycles. The molecule has 0 atom stereocenters. The topological polar surface area (TPSA) is 135 Å². The van der Waals surface area contributed by atoms with Crippen LogP contribution in [0.4, 0.5) is 21.5 Å². The lowest BCUT2D eigenvalue weighted by Crippen LogP contribution is -2.39. The highest BCUT2D eigenvalue weighted by atomic mass is 19.1. The molecule has 0 aliphatic carbocycles. The number of hydrogen-bond acceptors (Lipinski definition) is 8. The average Bonchev–Trinajstić information content (AvgIpc) is 3.78. The number of anilines is 3. The molecular formula is C32H36BFN8O3. The molecule has 2 aliphatic heterocycles. The molecule has 0 fully saturated rings. The minimum Gasteiger partial charge on any atom is -0.387 e. The lowest BCUT2D eigenvalue weighted by molar-refractivity contribution is -0.118. The summed E-state index contributed by atoms with van der Waals surface area (Å²) in [7, 11) is -1.38. The van der Waals surface area contributed by atoms with Crippen molar-refractivity contribution < 1.29 is 19.0 Å². The normalized spacial score (nSPS) is 14.9. The number of benzene rings is 2. The Kier molecular flexibility index (Phi) is 9.81. The summed E-state index contributed by atoms with van der Waals surface area (Å²) in [5.41, 5.74) is 12.2. The molecule has 0 radical (unpaired) electrons. The molecule has 2 aliphatic rings. The maximum Gasteiger partial charge on any atom is 0.463 e. The van der Waals surface area contributed by atoms with Crippen molar-refractivity contribution in [3.8, 4) is 0 Å². The van der Waals surface area contributed by atoms with Gasteiger partial charge in [0, 0.05) is 48.0 Å². The summed E-state index contributed by atoms with van der Waals surface area (Å²) in [5.74, 6) is 0.592. The number of aliphatic hydroxyl groups is 1. The monoisotopic (exact) mass is 610 g/mol. The van der Waals surface area contributed by atoms with Crippen LogP contribution in [0.15, 0.2) is 95.4 Å². The Morgan fingerprint density at radius 1 is 1.00 bits per heavy atom. The van der Waals surface area contributed by atoms with Gasteiger partial charge in [-0.2, -0.15) is 0 Å². The number of aliphatic imine (C=N–C) groups is 1. The highest BCUT2D eigenvalue weighted by Gasteiger charge is 2.25. The molecule has 2 aromatic carbocycles. The average molecular weight is 611 g/mol. The second-order valence-electron chi connectivity index (χ2n) is 10.6. The van der Waals surface area contributed by atoms with E-state index in [9.17, 15) is 9.59 Å². The first-order chi connectivity index (χ1) is 21.7. The summed E-state index contributed by atoms with van der Waals surface area (Å²) in [6, 6.07) is 18.3. The summed E-state index contributed by atoms with van der Waals surface area (Å²) in [6.45, 7) is 4.86. The number of allylic oxidation sites excluding steroid dienone is 2. The molecule has 13 heteroatoms. The summed E-state index contributed by atoms with van der Waals surface area (Å²) >= 11 is 0. The molecule has 11 nitrogen and oxygen atoms in total. The standard InChI is InChI=1S/C32H36BFN8O3/c1-4-5-26-19-41(40-39-26)30-16-14-27(38-30)32(23-8-12-25(13-9-23)37-31(45)20-43)28-15-17-29(42(28)33(3)34)35-18-22-6-10-24(11-7-22)36-21(2)44/h6-17,19,35,39-40,43H,4-5,18,20H2,1-3H3,(H,36,44)(H,37,45)/b32-27-. The van der Waals surface area contributed by atoms with Gasteiger partial charge < -0.3 is 35.3 Å². The summed E-state index contributed by atoms with van der Waals surface area (Å²) in [6.07, 6.45) is 7.64. The molecule has 3 aromatic rings. The van der Waals surface area contributed by atoms with Crippen LogP contribution < -0.4 is 26.9 Å². The van der Waals surface area contributed by atoms with Crippen molar-refractivity contribution in [2.75, 3.05) is 22.6 Å². The molecule has 45 heavy (non-hydrogen) atoms. The van der Waals surface area contributed by atoms with Gasteiger partial charge in [-0.3, -0.25) is 9.59 Å². The Bertz CT molecular complexity index is 1680. The highest BCUT2D eigenvalue weighted by Crippen LogP contribution is 2.34. The number of nitrogens with zero attached hydrogens (tertiary/aromatic N) is 3. The van der Waals surface area contributed by atoms with E-state index in [0.717, 1.165) is 29.7 Å². The zero-order chi connectivity index (χ0) is 31.9. The van der Waals surface area contributed by atoms with E-state index in [1.807, 2.05) is 66.9 Å². The summed E-state index contributed by atoms with van der Waals surface area (Å²) in [4.78, 5) is 28.0. The third kappa shape index (κ3) is 7.51. The number of aromatic nitrogens is 1. The number of carbonyl (C=O) groups is 2. The van der Waals surface area contributed by atoms with Gasteiger partial charge in [0.2, 0.25) is 11.8 Å².